The highest BCUT2D eigenvalue weighted by atomic mass is 32.2. The van der Waals surface area contributed by atoms with Crippen molar-refractivity contribution in [2.45, 2.75) is 62.7 Å². The van der Waals surface area contributed by atoms with Gasteiger partial charge >= 0.3 is 11.9 Å². The molecule has 0 aromatic heterocycles. The molecule has 9 N–H and O–H groups in total. The zero-order valence-electron chi connectivity index (χ0n) is 21.1. The Morgan fingerprint density at radius 3 is 1.87 bits per heavy atom. The average Bonchev–Trinajstić information content (AvgIpc) is 2.86. The number of primary amides is 1. The van der Waals surface area contributed by atoms with Gasteiger partial charge in [0.05, 0.1) is 6.04 Å². The number of hydrogen-bond donors (Lipinski definition) is 7. The Kier molecular flexibility index (Phi) is 14.5. The van der Waals surface area contributed by atoms with E-state index in [0.29, 0.717) is 5.75 Å². The zero-order valence-corrected chi connectivity index (χ0v) is 21.9. The Labute approximate surface area is 224 Å². The van der Waals surface area contributed by atoms with Crippen molar-refractivity contribution < 1.29 is 39.0 Å². The SMILES string of the molecule is CSCCC(NC(=O)C(N)Cc1ccccc1)C(=O)NC(CCC(N)=O)C(=O)NC(CCC(=O)O)C(=O)O. The summed E-state index contributed by atoms with van der Waals surface area (Å²) in [5, 5.41) is 25.4. The first kappa shape index (κ1) is 32.4. The second-order valence-electron chi connectivity index (χ2n) is 8.54. The van der Waals surface area contributed by atoms with Gasteiger partial charge in [0.25, 0.3) is 0 Å². The van der Waals surface area contributed by atoms with Crippen LogP contribution in [0.3, 0.4) is 0 Å². The summed E-state index contributed by atoms with van der Waals surface area (Å²) in [6.07, 6.45) is 0.811. The van der Waals surface area contributed by atoms with Crippen molar-refractivity contribution in [3.63, 3.8) is 0 Å². The molecule has 0 radical (unpaired) electrons. The third-order valence-electron chi connectivity index (χ3n) is 5.45. The second-order valence-corrected chi connectivity index (χ2v) is 9.52. The predicted molar refractivity (Wildman–Crippen MR) is 140 cm³/mol. The van der Waals surface area contributed by atoms with Crippen molar-refractivity contribution in [2.75, 3.05) is 12.0 Å². The van der Waals surface area contributed by atoms with Crippen molar-refractivity contribution in [3.05, 3.63) is 35.9 Å². The molecule has 0 saturated heterocycles. The van der Waals surface area contributed by atoms with Gasteiger partial charge in [0.15, 0.2) is 0 Å². The van der Waals surface area contributed by atoms with Gasteiger partial charge in [-0.1, -0.05) is 30.3 Å². The van der Waals surface area contributed by atoms with E-state index in [2.05, 4.69) is 16.0 Å². The van der Waals surface area contributed by atoms with Crippen LogP contribution in [0, 0.1) is 0 Å². The lowest BCUT2D eigenvalue weighted by molar-refractivity contribution is -0.143. The minimum Gasteiger partial charge on any atom is -0.481 e. The molecule has 0 bridgehead atoms. The molecule has 14 heteroatoms. The Morgan fingerprint density at radius 1 is 0.816 bits per heavy atom. The molecule has 0 aliphatic heterocycles. The summed E-state index contributed by atoms with van der Waals surface area (Å²) in [6, 6.07) is 4.16. The van der Waals surface area contributed by atoms with Crippen molar-refractivity contribution >= 4 is 47.3 Å². The molecule has 0 saturated carbocycles. The maximum Gasteiger partial charge on any atom is 0.326 e. The van der Waals surface area contributed by atoms with Gasteiger partial charge in [0, 0.05) is 12.8 Å². The summed E-state index contributed by atoms with van der Waals surface area (Å²) in [5.41, 5.74) is 12.0. The minimum atomic E-state index is -1.53. The topological polar surface area (TPSA) is 231 Å². The molecule has 0 fully saturated rings. The molecule has 4 atom stereocenters. The number of benzene rings is 1. The second kappa shape index (κ2) is 17.0. The molecular formula is C24H35N5O8S. The standard InChI is InChI=1S/C24H35N5O8S/c1-38-12-11-17(27-21(33)15(25)13-14-5-3-2-4-6-14)23(35)28-16(7-9-19(26)30)22(34)29-18(24(36)37)8-10-20(31)32/h2-6,15-18H,7-13,25H2,1H3,(H2,26,30)(H,27,33)(H,28,35)(H,29,34)(H,31,32)(H,36,37). The van der Waals surface area contributed by atoms with Crippen LogP contribution in [0.2, 0.25) is 0 Å². The lowest BCUT2D eigenvalue weighted by Gasteiger charge is -2.25. The predicted octanol–water partition coefficient (Wildman–Crippen LogP) is -1.02. The molecule has 0 spiro atoms. The number of carbonyl (C=O) groups is 6. The van der Waals surface area contributed by atoms with Gasteiger partial charge < -0.3 is 37.6 Å². The summed E-state index contributed by atoms with van der Waals surface area (Å²) in [4.78, 5) is 72.2. The fourth-order valence-electron chi connectivity index (χ4n) is 3.37. The largest absolute Gasteiger partial charge is 0.481 e. The summed E-state index contributed by atoms with van der Waals surface area (Å²) in [5.74, 6) is -5.22. The van der Waals surface area contributed by atoms with E-state index in [1.807, 2.05) is 36.6 Å². The molecule has 0 heterocycles. The smallest absolute Gasteiger partial charge is 0.326 e. The van der Waals surface area contributed by atoms with Crippen LogP contribution in [0.15, 0.2) is 30.3 Å². The van der Waals surface area contributed by atoms with E-state index in [-0.39, 0.29) is 25.7 Å². The molecule has 38 heavy (non-hydrogen) atoms. The molecule has 210 valence electrons. The molecule has 1 rings (SSSR count). The number of amides is 4. The van der Waals surface area contributed by atoms with Crippen molar-refractivity contribution in [3.8, 4) is 0 Å². The first-order valence-corrected chi connectivity index (χ1v) is 13.3. The van der Waals surface area contributed by atoms with Gasteiger partial charge in [-0.2, -0.15) is 11.8 Å². The highest BCUT2D eigenvalue weighted by Crippen LogP contribution is 2.07. The van der Waals surface area contributed by atoms with E-state index in [1.54, 1.807) is 0 Å². The van der Waals surface area contributed by atoms with Gasteiger partial charge in [-0.3, -0.25) is 24.0 Å². The van der Waals surface area contributed by atoms with Gasteiger partial charge in [-0.05, 0) is 43.3 Å². The minimum absolute atomic E-state index is 0.206. The zero-order chi connectivity index (χ0) is 28.7. The number of carboxylic acid groups (broad SMARTS) is 2. The van der Waals surface area contributed by atoms with Crippen LogP contribution >= 0.6 is 11.8 Å². The number of carbonyl (C=O) groups excluding carboxylic acids is 4. The Bertz CT molecular complexity index is 978. The van der Waals surface area contributed by atoms with Crippen LogP contribution in [0.4, 0.5) is 0 Å². The van der Waals surface area contributed by atoms with Crippen molar-refractivity contribution in [1.82, 2.24) is 16.0 Å². The molecule has 4 unspecified atom stereocenters. The van der Waals surface area contributed by atoms with Crippen molar-refractivity contribution in [2.24, 2.45) is 11.5 Å². The van der Waals surface area contributed by atoms with Crippen LogP contribution in [-0.2, 0) is 35.2 Å². The third-order valence-corrected chi connectivity index (χ3v) is 6.10. The van der Waals surface area contributed by atoms with Crippen LogP contribution in [0.1, 0.15) is 37.7 Å². The van der Waals surface area contributed by atoms with Crippen LogP contribution in [-0.4, -0.2) is 82.0 Å². The first-order chi connectivity index (χ1) is 17.9. The molecule has 0 aliphatic carbocycles. The van der Waals surface area contributed by atoms with E-state index in [1.165, 1.54) is 11.8 Å². The number of nitrogens with two attached hydrogens (primary N) is 2. The van der Waals surface area contributed by atoms with Crippen LogP contribution < -0.4 is 27.4 Å². The Balaban J connectivity index is 2.97. The third kappa shape index (κ3) is 12.5. The number of carboxylic acids is 2. The first-order valence-electron chi connectivity index (χ1n) is 11.9. The maximum absolute atomic E-state index is 13.1. The summed E-state index contributed by atoms with van der Waals surface area (Å²) in [6.45, 7) is 0. The van der Waals surface area contributed by atoms with Gasteiger partial charge in [-0.15, -0.1) is 0 Å². The fourth-order valence-corrected chi connectivity index (χ4v) is 3.84. The Hall–Kier alpha value is -3.65. The monoisotopic (exact) mass is 553 g/mol. The number of aliphatic carboxylic acids is 2. The molecule has 1 aromatic rings. The van der Waals surface area contributed by atoms with Crippen LogP contribution in [0.5, 0.6) is 0 Å². The lowest BCUT2D eigenvalue weighted by atomic mass is 10.0. The van der Waals surface area contributed by atoms with Gasteiger partial charge in [0.1, 0.15) is 18.1 Å². The number of hydrogen-bond acceptors (Lipinski definition) is 8. The lowest BCUT2D eigenvalue weighted by Crippen LogP contribution is -2.57. The van der Waals surface area contributed by atoms with Gasteiger partial charge in [-0.25, -0.2) is 4.79 Å². The fraction of sp³-hybridized carbons (Fsp3) is 0.500. The quantitative estimate of drug-likeness (QED) is 0.117. The molecular weight excluding hydrogens is 518 g/mol. The molecule has 1 aromatic carbocycles. The number of nitrogens with one attached hydrogen (secondary N) is 3. The van der Waals surface area contributed by atoms with Gasteiger partial charge in [0.2, 0.25) is 23.6 Å². The normalized spacial score (nSPS) is 13.8. The van der Waals surface area contributed by atoms with E-state index in [4.69, 9.17) is 16.6 Å². The number of rotatable bonds is 18. The number of thioether (sulfide) groups is 1. The summed E-state index contributed by atoms with van der Waals surface area (Å²) >= 11 is 1.43. The maximum atomic E-state index is 13.1. The van der Waals surface area contributed by atoms with Crippen molar-refractivity contribution in [1.29, 1.82) is 0 Å². The van der Waals surface area contributed by atoms with E-state index in [0.717, 1.165) is 5.56 Å². The van der Waals surface area contributed by atoms with E-state index in [9.17, 15) is 33.9 Å². The van der Waals surface area contributed by atoms with Crippen LogP contribution in [0.25, 0.3) is 0 Å². The average molecular weight is 554 g/mol. The van der Waals surface area contributed by atoms with E-state index < -0.39 is 72.6 Å². The summed E-state index contributed by atoms with van der Waals surface area (Å²) < 4.78 is 0. The molecule has 13 nitrogen and oxygen atoms in total. The molecule has 0 aliphatic rings. The molecule has 4 amide bonds. The van der Waals surface area contributed by atoms with E-state index >= 15 is 0 Å². The highest BCUT2D eigenvalue weighted by Gasteiger charge is 2.30. The Morgan fingerprint density at radius 2 is 1.34 bits per heavy atom. The summed E-state index contributed by atoms with van der Waals surface area (Å²) in [7, 11) is 0. The highest BCUT2D eigenvalue weighted by molar-refractivity contribution is 7.98.